The number of carbonyl (C=O) groups is 4. The summed E-state index contributed by atoms with van der Waals surface area (Å²) in [6.45, 7) is 0. The number of imide groups is 1. The fourth-order valence-electron chi connectivity index (χ4n) is 2.15. The van der Waals surface area contributed by atoms with Crippen LogP contribution in [0.15, 0.2) is 24.3 Å². The number of nitrogens with zero attached hydrogens (tertiary/aromatic N) is 1. The molecule has 0 spiro atoms. The van der Waals surface area contributed by atoms with E-state index in [9.17, 15) is 19.2 Å². The van der Waals surface area contributed by atoms with Gasteiger partial charge in [0, 0.05) is 6.42 Å². The number of hydrogen-bond donors (Lipinski definition) is 2. The fourth-order valence-corrected chi connectivity index (χ4v) is 2.15. The first-order valence-corrected chi connectivity index (χ1v) is 5.91. The van der Waals surface area contributed by atoms with Gasteiger partial charge < -0.3 is 10.8 Å². The maximum atomic E-state index is 12.1. The number of aliphatic carboxylic acids is 1. The lowest BCUT2D eigenvalue weighted by Crippen LogP contribution is -2.48. The Morgan fingerprint density at radius 3 is 2.05 bits per heavy atom. The molecule has 0 bridgehead atoms. The second kappa shape index (κ2) is 5.12. The van der Waals surface area contributed by atoms with Crippen LogP contribution < -0.4 is 5.73 Å². The fraction of sp³-hybridized carbons (Fsp3) is 0.231. The first-order chi connectivity index (χ1) is 9.43. The smallest absolute Gasteiger partial charge is 0.303 e. The van der Waals surface area contributed by atoms with Crippen LogP contribution in [0, 0.1) is 0 Å². The second-order valence-electron chi connectivity index (χ2n) is 4.38. The lowest BCUT2D eigenvalue weighted by molar-refractivity contribution is -0.137. The SMILES string of the molecule is NC(=O)[C@H](CCC(=O)O)N1C(=O)c2ccccc2C1=O. The van der Waals surface area contributed by atoms with Crippen molar-refractivity contribution < 1.29 is 24.3 Å². The number of nitrogens with two attached hydrogens (primary N) is 1. The van der Waals surface area contributed by atoms with Crippen molar-refractivity contribution in [1.82, 2.24) is 4.90 Å². The molecule has 0 saturated carbocycles. The topological polar surface area (TPSA) is 118 Å². The van der Waals surface area contributed by atoms with E-state index >= 15 is 0 Å². The number of hydrogen-bond acceptors (Lipinski definition) is 4. The van der Waals surface area contributed by atoms with Crippen molar-refractivity contribution in [3.05, 3.63) is 35.4 Å². The summed E-state index contributed by atoms with van der Waals surface area (Å²) in [5, 5.41) is 8.65. The summed E-state index contributed by atoms with van der Waals surface area (Å²) in [5.41, 5.74) is 5.57. The second-order valence-corrected chi connectivity index (χ2v) is 4.38. The normalized spacial score (nSPS) is 15.1. The average molecular weight is 276 g/mol. The minimum absolute atomic E-state index is 0.194. The number of carboxylic acid groups (broad SMARTS) is 1. The minimum Gasteiger partial charge on any atom is -0.481 e. The maximum Gasteiger partial charge on any atom is 0.303 e. The van der Waals surface area contributed by atoms with Gasteiger partial charge in [-0.15, -0.1) is 0 Å². The molecule has 1 aliphatic heterocycles. The highest BCUT2D eigenvalue weighted by molar-refractivity contribution is 6.22. The third kappa shape index (κ3) is 2.25. The van der Waals surface area contributed by atoms with Gasteiger partial charge in [0.05, 0.1) is 11.1 Å². The van der Waals surface area contributed by atoms with Gasteiger partial charge in [-0.05, 0) is 18.6 Å². The summed E-state index contributed by atoms with van der Waals surface area (Å²) in [5.74, 6) is -3.28. The standard InChI is InChI=1S/C13H12N2O5/c14-11(18)9(5-6-10(16)17)15-12(19)7-3-1-2-4-8(7)13(15)20/h1-4,9H,5-6H2,(H2,14,18)(H,16,17)/t9-/m0/s1. The van der Waals surface area contributed by atoms with Crippen LogP contribution in [-0.4, -0.2) is 39.7 Å². The molecule has 3 N–H and O–H groups in total. The molecule has 7 heteroatoms. The van der Waals surface area contributed by atoms with Crippen LogP contribution in [0.3, 0.4) is 0 Å². The Bertz CT molecular complexity index is 576. The molecular formula is C13H12N2O5. The van der Waals surface area contributed by atoms with Crippen molar-refractivity contribution >= 4 is 23.7 Å². The molecule has 0 fully saturated rings. The molecule has 1 atom stereocenters. The Morgan fingerprint density at radius 2 is 1.65 bits per heavy atom. The summed E-state index contributed by atoms with van der Waals surface area (Å²) in [6.07, 6.45) is -0.558. The van der Waals surface area contributed by atoms with Crippen molar-refractivity contribution in [2.75, 3.05) is 0 Å². The third-order valence-electron chi connectivity index (χ3n) is 3.10. The number of rotatable bonds is 5. The molecule has 1 aromatic carbocycles. The molecule has 0 radical (unpaired) electrons. The van der Waals surface area contributed by atoms with Crippen LogP contribution in [-0.2, 0) is 9.59 Å². The van der Waals surface area contributed by atoms with Crippen LogP contribution in [0.2, 0.25) is 0 Å². The molecule has 7 nitrogen and oxygen atoms in total. The number of benzene rings is 1. The zero-order valence-corrected chi connectivity index (χ0v) is 10.4. The molecule has 20 heavy (non-hydrogen) atoms. The van der Waals surface area contributed by atoms with Gasteiger partial charge in [0.25, 0.3) is 11.8 Å². The first-order valence-electron chi connectivity index (χ1n) is 5.91. The number of primary amides is 1. The average Bonchev–Trinajstić information content (AvgIpc) is 2.64. The van der Waals surface area contributed by atoms with Crippen LogP contribution in [0.1, 0.15) is 33.6 Å². The van der Waals surface area contributed by atoms with Gasteiger partial charge in [0.1, 0.15) is 6.04 Å². The Morgan fingerprint density at radius 1 is 1.15 bits per heavy atom. The highest BCUT2D eigenvalue weighted by Crippen LogP contribution is 2.25. The minimum atomic E-state index is -1.25. The van der Waals surface area contributed by atoms with Crippen molar-refractivity contribution in [3.8, 4) is 0 Å². The zero-order chi connectivity index (χ0) is 14.9. The van der Waals surface area contributed by atoms with Gasteiger partial charge in [0.2, 0.25) is 5.91 Å². The molecule has 104 valence electrons. The number of fused-ring (bicyclic) bond motifs is 1. The summed E-state index contributed by atoms with van der Waals surface area (Å²) in [6, 6.07) is 4.91. The molecule has 0 aromatic heterocycles. The van der Waals surface area contributed by atoms with Crippen molar-refractivity contribution in [1.29, 1.82) is 0 Å². The van der Waals surface area contributed by atoms with E-state index < -0.39 is 29.7 Å². The van der Waals surface area contributed by atoms with Crippen molar-refractivity contribution in [3.63, 3.8) is 0 Å². The largest absolute Gasteiger partial charge is 0.481 e. The van der Waals surface area contributed by atoms with E-state index in [1.54, 1.807) is 12.1 Å². The molecule has 1 aliphatic rings. The van der Waals surface area contributed by atoms with Crippen LogP contribution in [0.5, 0.6) is 0 Å². The predicted octanol–water partition coefficient (Wildman–Crippen LogP) is 0.00130. The van der Waals surface area contributed by atoms with E-state index in [1.165, 1.54) is 12.1 Å². The Hall–Kier alpha value is -2.70. The molecule has 3 amide bonds. The van der Waals surface area contributed by atoms with E-state index in [0.717, 1.165) is 4.90 Å². The number of amides is 3. The van der Waals surface area contributed by atoms with Gasteiger partial charge in [-0.3, -0.25) is 24.1 Å². The van der Waals surface area contributed by atoms with Gasteiger partial charge in [-0.25, -0.2) is 0 Å². The van der Waals surface area contributed by atoms with E-state index in [1.807, 2.05) is 0 Å². The summed E-state index contributed by atoms with van der Waals surface area (Å²) in [7, 11) is 0. The quantitative estimate of drug-likeness (QED) is 0.734. The molecule has 1 aromatic rings. The van der Waals surface area contributed by atoms with E-state index in [0.29, 0.717) is 0 Å². The molecular weight excluding hydrogens is 264 g/mol. The number of carboxylic acids is 1. The van der Waals surface area contributed by atoms with Crippen molar-refractivity contribution in [2.45, 2.75) is 18.9 Å². The van der Waals surface area contributed by atoms with Gasteiger partial charge in [-0.1, -0.05) is 12.1 Å². The summed E-state index contributed by atoms with van der Waals surface area (Å²) >= 11 is 0. The summed E-state index contributed by atoms with van der Waals surface area (Å²) < 4.78 is 0. The summed E-state index contributed by atoms with van der Waals surface area (Å²) in [4.78, 5) is 47.0. The molecule has 0 aliphatic carbocycles. The first kappa shape index (κ1) is 13.7. The highest BCUT2D eigenvalue weighted by atomic mass is 16.4. The maximum absolute atomic E-state index is 12.1. The molecule has 1 heterocycles. The zero-order valence-electron chi connectivity index (χ0n) is 10.4. The van der Waals surface area contributed by atoms with Crippen LogP contribution in [0.25, 0.3) is 0 Å². The molecule has 0 unspecified atom stereocenters. The molecule has 2 rings (SSSR count). The highest BCUT2D eigenvalue weighted by Gasteiger charge is 2.41. The Labute approximate surface area is 114 Å². The van der Waals surface area contributed by atoms with E-state index in [-0.39, 0.29) is 24.0 Å². The third-order valence-corrected chi connectivity index (χ3v) is 3.10. The van der Waals surface area contributed by atoms with Gasteiger partial charge in [0.15, 0.2) is 0 Å². The van der Waals surface area contributed by atoms with E-state index in [4.69, 9.17) is 10.8 Å². The lowest BCUT2D eigenvalue weighted by atomic mass is 10.1. The van der Waals surface area contributed by atoms with E-state index in [2.05, 4.69) is 0 Å². The van der Waals surface area contributed by atoms with Gasteiger partial charge in [-0.2, -0.15) is 0 Å². The Kier molecular flexibility index (Phi) is 3.51. The lowest BCUT2D eigenvalue weighted by Gasteiger charge is -2.22. The Balaban J connectivity index is 2.32. The number of carbonyl (C=O) groups excluding carboxylic acids is 3. The predicted molar refractivity (Wildman–Crippen MR) is 66.8 cm³/mol. The van der Waals surface area contributed by atoms with Gasteiger partial charge >= 0.3 is 5.97 Å². The van der Waals surface area contributed by atoms with Crippen LogP contribution >= 0.6 is 0 Å². The molecule has 0 saturated heterocycles. The van der Waals surface area contributed by atoms with Crippen LogP contribution in [0.4, 0.5) is 0 Å². The van der Waals surface area contributed by atoms with Crippen molar-refractivity contribution in [2.24, 2.45) is 5.73 Å². The monoisotopic (exact) mass is 276 g/mol.